The van der Waals surface area contributed by atoms with E-state index < -0.39 is 5.97 Å². The Morgan fingerprint density at radius 1 is 1.45 bits per heavy atom. The fourth-order valence-corrected chi connectivity index (χ4v) is 2.41. The molecule has 0 unspecified atom stereocenters. The maximum atomic E-state index is 12.1. The maximum Gasteiger partial charge on any atom is 0.323 e. The van der Waals surface area contributed by atoms with Crippen LogP contribution in [-0.2, 0) is 11.2 Å². The van der Waals surface area contributed by atoms with Crippen LogP contribution in [0.15, 0.2) is 10.9 Å². The van der Waals surface area contributed by atoms with E-state index >= 15 is 0 Å². The third-order valence-electron chi connectivity index (χ3n) is 3.36. The highest BCUT2D eigenvalue weighted by Crippen LogP contribution is 2.23. The standard InChI is InChI=1S/C12H18N4O4/c17-11(18)7-16(9-3-1-2-4-9)12(19)13-6-5-10-14-8-20-15-10/h8-9H,1-7H2,(H,13,19)(H,17,18). The van der Waals surface area contributed by atoms with Crippen molar-refractivity contribution < 1.29 is 19.2 Å². The third kappa shape index (κ3) is 3.94. The van der Waals surface area contributed by atoms with Gasteiger partial charge in [-0.1, -0.05) is 18.0 Å². The Hall–Kier alpha value is -2.12. The first kappa shape index (κ1) is 14.3. The van der Waals surface area contributed by atoms with Crippen molar-refractivity contribution >= 4 is 12.0 Å². The van der Waals surface area contributed by atoms with Gasteiger partial charge in [0.25, 0.3) is 0 Å². The van der Waals surface area contributed by atoms with E-state index in [0.29, 0.717) is 18.8 Å². The van der Waals surface area contributed by atoms with E-state index in [1.165, 1.54) is 11.3 Å². The molecule has 0 spiro atoms. The number of aliphatic carboxylic acids is 1. The predicted molar refractivity (Wildman–Crippen MR) is 68.0 cm³/mol. The minimum atomic E-state index is -0.995. The van der Waals surface area contributed by atoms with Crippen LogP contribution in [0.25, 0.3) is 0 Å². The van der Waals surface area contributed by atoms with Crippen LogP contribution in [0.5, 0.6) is 0 Å². The number of nitrogens with zero attached hydrogens (tertiary/aromatic N) is 3. The summed E-state index contributed by atoms with van der Waals surface area (Å²) < 4.78 is 4.59. The van der Waals surface area contributed by atoms with Gasteiger partial charge in [0.05, 0.1) is 0 Å². The largest absolute Gasteiger partial charge is 0.480 e. The van der Waals surface area contributed by atoms with Crippen LogP contribution in [0.4, 0.5) is 4.79 Å². The lowest BCUT2D eigenvalue weighted by molar-refractivity contribution is -0.138. The number of urea groups is 1. The van der Waals surface area contributed by atoms with Gasteiger partial charge < -0.3 is 19.8 Å². The number of carboxylic acids is 1. The topological polar surface area (TPSA) is 109 Å². The number of carbonyl (C=O) groups excluding carboxylic acids is 1. The molecule has 110 valence electrons. The van der Waals surface area contributed by atoms with Gasteiger partial charge in [-0.05, 0) is 12.8 Å². The molecule has 1 aliphatic carbocycles. The minimum Gasteiger partial charge on any atom is -0.480 e. The van der Waals surface area contributed by atoms with E-state index in [4.69, 9.17) is 5.11 Å². The highest BCUT2D eigenvalue weighted by molar-refractivity contribution is 5.80. The van der Waals surface area contributed by atoms with E-state index in [2.05, 4.69) is 20.0 Å². The van der Waals surface area contributed by atoms with Crippen molar-refractivity contribution in [2.75, 3.05) is 13.1 Å². The second-order valence-corrected chi connectivity index (χ2v) is 4.79. The van der Waals surface area contributed by atoms with Gasteiger partial charge >= 0.3 is 12.0 Å². The van der Waals surface area contributed by atoms with Crippen LogP contribution in [0, 0.1) is 0 Å². The first-order valence-electron chi connectivity index (χ1n) is 6.68. The minimum absolute atomic E-state index is 0.0243. The van der Waals surface area contributed by atoms with Gasteiger partial charge in [-0.15, -0.1) is 0 Å². The summed E-state index contributed by atoms with van der Waals surface area (Å²) in [7, 11) is 0. The van der Waals surface area contributed by atoms with Crippen molar-refractivity contribution in [3.05, 3.63) is 12.2 Å². The van der Waals surface area contributed by atoms with Gasteiger partial charge in [0, 0.05) is 19.0 Å². The van der Waals surface area contributed by atoms with Gasteiger partial charge in [-0.25, -0.2) is 4.79 Å². The number of hydrogen-bond acceptors (Lipinski definition) is 5. The molecule has 1 aromatic rings. The predicted octanol–water partition coefficient (Wildman–Crippen LogP) is 0.651. The van der Waals surface area contributed by atoms with Crippen LogP contribution in [0.3, 0.4) is 0 Å². The summed E-state index contributed by atoms with van der Waals surface area (Å²) in [4.78, 5) is 28.2. The van der Waals surface area contributed by atoms with Gasteiger partial charge in [-0.3, -0.25) is 4.79 Å². The SMILES string of the molecule is O=C(O)CN(C(=O)NCCc1ncon1)C1CCCC1. The average molecular weight is 282 g/mol. The van der Waals surface area contributed by atoms with Gasteiger partial charge in [0.2, 0.25) is 6.39 Å². The molecule has 1 heterocycles. The Balaban J connectivity index is 1.83. The summed E-state index contributed by atoms with van der Waals surface area (Å²) in [5, 5.41) is 15.3. The summed E-state index contributed by atoms with van der Waals surface area (Å²) >= 11 is 0. The Labute approximate surface area is 116 Å². The molecule has 0 atom stereocenters. The summed E-state index contributed by atoms with van der Waals surface area (Å²) in [6.45, 7) is 0.0833. The van der Waals surface area contributed by atoms with Crippen LogP contribution in [0.2, 0.25) is 0 Å². The fourth-order valence-electron chi connectivity index (χ4n) is 2.41. The summed E-state index contributed by atoms with van der Waals surface area (Å²) in [6.07, 6.45) is 5.49. The van der Waals surface area contributed by atoms with Gasteiger partial charge in [-0.2, -0.15) is 4.98 Å². The maximum absolute atomic E-state index is 12.1. The van der Waals surface area contributed by atoms with Crippen molar-refractivity contribution in [1.82, 2.24) is 20.4 Å². The lowest BCUT2D eigenvalue weighted by Crippen LogP contribution is -2.48. The second kappa shape index (κ2) is 6.88. The molecular weight excluding hydrogens is 264 g/mol. The monoisotopic (exact) mass is 282 g/mol. The zero-order valence-electron chi connectivity index (χ0n) is 11.1. The molecule has 1 aromatic heterocycles. The van der Waals surface area contributed by atoms with Crippen LogP contribution in [0.1, 0.15) is 31.5 Å². The number of nitrogens with one attached hydrogen (secondary N) is 1. The molecule has 0 aromatic carbocycles. The smallest absolute Gasteiger partial charge is 0.323 e. The molecule has 2 N–H and O–H groups in total. The van der Waals surface area contributed by atoms with Crippen molar-refractivity contribution in [3.63, 3.8) is 0 Å². The van der Waals surface area contributed by atoms with Crippen molar-refractivity contribution in [1.29, 1.82) is 0 Å². The molecule has 1 saturated carbocycles. The average Bonchev–Trinajstić information content (AvgIpc) is 3.08. The van der Waals surface area contributed by atoms with Crippen molar-refractivity contribution in [2.24, 2.45) is 0 Å². The molecule has 0 aliphatic heterocycles. The first-order valence-corrected chi connectivity index (χ1v) is 6.68. The molecule has 1 fully saturated rings. The molecule has 0 saturated heterocycles. The quantitative estimate of drug-likeness (QED) is 0.793. The number of aromatic nitrogens is 2. The summed E-state index contributed by atoms with van der Waals surface area (Å²) in [6, 6.07) is -0.320. The molecule has 0 radical (unpaired) electrons. The van der Waals surface area contributed by atoms with E-state index in [1.54, 1.807) is 0 Å². The molecule has 20 heavy (non-hydrogen) atoms. The number of amides is 2. The lowest BCUT2D eigenvalue weighted by Gasteiger charge is -2.27. The molecule has 2 amide bonds. The highest BCUT2D eigenvalue weighted by Gasteiger charge is 2.28. The molecule has 0 bridgehead atoms. The van der Waals surface area contributed by atoms with Gasteiger partial charge in [0.1, 0.15) is 6.54 Å². The molecular formula is C12H18N4O4. The first-order chi connectivity index (χ1) is 9.66. The molecule has 8 nitrogen and oxygen atoms in total. The zero-order chi connectivity index (χ0) is 14.4. The molecule has 2 rings (SSSR count). The molecule has 8 heteroatoms. The third-order valence-corrected chi connectivity index (χ3v) is 3.36. The number of carboxylic acid groups (broad SMARTS) is 1. The summed E-state index contributed by atoms with van der Waals surface area (Å²) in [5.41, 5.74) is 0. The zero-order valence-corrected chi connectivity index (χ0v) is 11.1. The Kier molecular flexibility index (Phi) is 4.91. The highest BCUT2D eigenvalue weighted by atomic mass is 16.5. The Bertz CT molecular complexity index is 442. The number of rotatable bonds is 6. The van der Waals surface area contributed by atoms with Crippen LogP contribution in [-0.4, -0.2) is 51.3 Å². The normalized spacial score (nSPS) is 15.2. The number of hydrogen-bond donors (Lipinski definition) is 2. The van der Waals surface area contributed by atoms with Crippen molar-refractivity contribution in [2.45, 2.75) is 38.1 Å². The number of carbonyl (C=O) groups is 2. The Morgan fingerprint density at radius 2 is 2.20 bits per heavy atom. The van der Waals surface area contributed by atoms with Crippen LogP contribution >= 0.6 is 0 Å². The Morgan fingerprint density at radius 3 is 2.80 bits per heavy atom. The van der Waals surface area contributed by atoms with E-state index in [-0.39, 0.29) is 18.6 Å². The summed E-state index contributed by atoms with van der Waals surface area (Å²) in [5.74, 6) is -0.485. The van der Waals surface area contributed by atoms with Gasteiger partial charge in [0.15, 0.2) is 5.82 Å². The van der Waals surface area contributed by atoms with E-state index in [0.717, 1.165) is 25.7 Å². The van der Waals surface area contributed by atoms with Crippen LogP contribution < -0.4 is 5.32 Å². The van der Waals surface area contributed by atoms with E-state index in [9.17, 15) is 9.59 Å². The van der Waals surface area contributed by atoms with Crippen molar-refractivity contribution in [3.8, 4) is 0 Å². The lowest BCUT2D eigenvalue weighted by atomic mass is 10.2. The fraction of sp³-hybridized carbons (Fsp3) is 0.667. The van der Waals surface area contributed by atoms with E-state index in [1.807, 2.05) is 0 Å². The molecule has 1 aliphatic rings. The second-order valence-electron chi connectivity index (χ2n) is 4.79.